The Bertz CT molecular complexity index is 1390. The van der Waals surface area contributed by atoms with E-state index in [0.717, 1.165) is 43.4 Å². The molecule has 0 aromatic heterocycles. The van der Waals surface area contributed by atoms with Crippen molar-refractivity contribution in [3.63, 3.8) is 0 Å². The fourth-order valence-electron chi connectivity index (χ4n) is 5.19. The second-order valence-electron chi connectivity index (χ2n) is 8.98. The normalized spacial score (nSPS) is 16.0. The van der Waals surface area contributed by atoms with Crippen molar-refractivity contribution in [1.29, 1.82) is 0 Å². The molecule has 7 heteroatoms. The van der Waals surface area contributed by atoms with Gasteiger partial charge in [-0.1, -0.05) is 25.8 Å². The zero-order chi connectivity index (χ0) is 24.3. The van der Waals surface area contributed by atoms with E-state index in [9.17, 15) is 35.1 Å². The van der Waals surface area contributed by atoms with Gasteiger partial charge in [0.1, 0.15) is 23.0 Å². The van der Waals surface area contributed by atoms with E-state index in [1.807, 2.05) is 6.07 Å². The first-order valence-electron chi connectivity index (χ1n) is 11.3. The molecule has 2 aliphatic rings. The highest BCUT2D eigenvalue weighted by atomic mass is 16.3. The number of unbranched alkanes of at least 4 members (excludes halogenated alkanes) is 2. The van der Waals surface area contributed by atoms with Gasteiger partial charge < -0.3 is 25.5 Å². The van der Waals surface area contributed by atoms with Gasteiger partial charge in [0.05, 0.1) is 17.2 Å². The van der Waals surface area contributed by atoms with Gasteiger partial charge in [-0.2, -0.15) is 0 Å². The topological polar surface area (TPSA) is 135 Å². The summed E-state index contributed by atoms with van der Waals surface area (Å²) in [5.74, 6) is -2.97. The van der Waals surface area contributed by atoms with Crippen LogP contribution in [0.15, 0.2) is 30.3 Å². The molecule has 0 radical (unpaired) electrons. The van der Waals surface area contributed by atoms with Crippen molar-refractivity contribution in [2.75, 3.05) is 0 Å². The first-order chi connectivity index (χ1) is 16.2. The first-order valence-corrected chi connectivity index (χ1v) is 11.3. The fraction of sp³-hybridized carbons (Fsp3) is 0.259. The van der Waals surface area contributed by atoms with Crippen LogP contribution >= 0.6 is 0 Å². The van der Waals surface area contributed by atoms with Crippen molar-refractivity contribution in [1.82, 2.24) is 0 Å². The van der Waals surface area contributed by atoms with E-state index in [1.165, 1.54) is 6.07 Å². The number of phenols is 4. The quantitative estimate of drug-likeness (QED) is 0.287. The Morgan fingerprint density at radius 3 is 2.24 bits per heavy atom. The summed E-state index contributed by atoms with van der Waals surface area (Å²) >= 11 is 0. The molecule has 0 saturated carbocycles. The van der Waals surface area contributed by atoms with Gasteiger partial charge in [0.15, 0.2) is 5.78 Å². The molecule has 0 amide bonds. The van der Waals surface area contributed by atoms with Gasteiger partial charge in [-0.05, 0) is 47.7 Å². The molecule has 7 nitrogen and oxygen atoms in total. The summed E-state index contributed by atoms with van der Waals surface area (Å²) < 4.78 is 0. The molecule has 0 heterocycles. The highest BCUT2D eigenvalue weighted by Gasteiger charge is 2.39. The van der Waals surface area contributed by atoms with Crippen LogP contribution < -0.4 is 0 Å². The predicted molar refractivity (Wildman–Crippen MR) is 124 cm³/mol. The van der Waals surface area contributed by atoms with Crippen LogP contribution in [0.1, 0.15) is 80.8 Å². The standard InChI is InChI=1S/C27H24O7/c1-2-3-4-5-12-6-13-8-19(30)22-15(21(13)18(29)7-12)11-17-24(26(22)33)27(34)23-16(25(17)32)9-14(28)10-20(23)31/h6-7,9-11,19,28-31,33H,2-5,8H2,1H3. The maximum Gasteiger partial charge on any atom is 0.201 e. The Balaban J connectivity index is 1.71. The number of fused-ring (bicyclic) bond motifs is 5. The lowest BCUT2D eigenvalue weighted by atomic mass is 9.75. The Morgan fingerprint density at radius 2 is 1.50 bits per heavy atom. The molecule has 5 N–H and O–H groups in total. The summed E-state index contributed by atoms with van der Waals surface area (Å²) in [6, 6.07) is 7.02. The van der Waals surface area contributed by atoms with Crippen molar-refractivity contribution in [2.24, 2.45) is 0 Å². The van der Waals surface area contributed by atoms with E-state index in [4.69, 9.17) is 0 Å². The fourth-order valence-corrected chi connectivity index (χ4v) is 5.19. The number of rotatable bonds is 4. The third-order valence-corrected chi connectivity index (χ3v) is 6.73. The van der Waals surface area contributed by atoms with Gasteiger partial charge in [0.25, 0.3) is 0 Å². The minimum atomic E-state index is -1.16. The second-order valence-corrected chi connectivity index (χ2v) is 8.98. The summed E-state index contributed by atoms with van der Waals surface area (Å²) in [4.78, 5) is 26.5. The molecule has 1 unspecified atom stereocenters. The number of hydrogen-bond donors (Lipinski definition) is 5. The molecule has 0 aliphatic heterocycles. The molecule has 0 fully saturated rings. The zero-order valence-electron chi connectivity index (χ0n) is 18.6. The van der Waals surface area contributed by atoms with Crippen LogP contribution in [-0.2, 0) is 12.8 Å². The summed E-state index contributed by atoms with van der Waals surface area (Å²) in [5.41, 5.74) is 1.45. The lowest BCUT2D eigenvalue weighted by molar-refractivity contribution is 0.0972. The number of carbonyl (C=O) groups excluding carboxylic acids is 2. The van der Waals surface area contributed by atoms with Gasteiger partial charge in [0, 0.05) is 34.7 Å². The van der Waals surface area contributed by atoms with E-state index in [0.29, 0.717) is 11.1 Å². The summed E-state index contributed by atoms with van der Waals surface area (Å²) in [6.45, 7) is 2.11. The maximum absolute atomic E-state index is 13.3. The largest absolute Gasteiger partial charge is 0.508 e. The zero-order valence-corrected chi connectivity index (χ0v) is 18.6. The number of carbonyl (C=O) groups is 2. The molecule has 174 valence electrons. The minimum absolute atomic E-state index is 0.0261. The number of aryl methyl sites for hydroxylation is 1. The summed E-state index contributed by atoms with van der Waals surface area (Å²) in [5, 5.41) is 52.9. The Labute approximate surface area is 195 Å². The van der Waals surface area contributed by atoms with Gasteiger partial charge in [-0.15, -0.1) is 0 Å². The monoisotopic (exact) mass is 460 g/mol. The number of ketones is 2. The first kappa shape index (κ1) is 22.0. The van der Waals surface area contributed by atoms with Crippen LogP contribution in [-0.4, -0.2) is 37.1 Å². The number of aliphatic hydroxyl groups is 1. The minimum Gasteiger partial charge on any atom is -0.508 e. The maximum atomic E-state index is 13.3. The molecule has 2 aliphatic carbocycles. The average molecular weight is 460 g/mol. The molecule has 0 bridgehead atoms. The molecular formula is C27H24O7. The number of benzene rings is 3. The SMILES string of the molecule is CCCCCc1cc(O)c2c(c1)CC(O)c1c-2cc2c(c1O)C(=O)c1c(O)cc(O)cc1C2=O. The molecule has 5 rings (SSSR count). The molecule has 3 aromatic carbocycles. The van der Waals surface area contributed by atoms with Crippen LogP contribution in [0.3, 0.4) is 0 Å². The summed E-state index contributed by atoms with van der Waals surface area (Å²) in [7, 11) is 0. The smallest absolute Gasteiger partial charge is 0.201 e. The van der Waals surface area contributed by atoms with Crippen molar-refractivity contribution in [3.8, 4) is 34.1 Å². The highest BCUT2D eigenvalue weighted by molar-refractivity contribution is 6.31. The highest BCUT2D eigenvalue weighted by Crippen LogP contribution is 2.51. The van der Waals surface area contributed by atoms with E-state index >= 15 is 0 Å². The average Bonchev–Trinajstić information content (AvgIpc) is 2.76. The van der Waals surface area contributed by atoms with Crippen LogP contribution in [0.2, 0.25) is 0 Å². The molecule has 0 saturated heterocycles. The van der Waals surface area contributed by atoms with E-state index in [1.54, 1.807) is 6.07 Å². The van der Waals surface area contributed by atoms with E-state index in [2.05, 4.69) is 6.92 Å². The Kier molecular flexibility index (Phi) is 5.10. The molecular weight excluding hydrogens is 436 g/mol. The van der Waals surface area contributed by atoms with Gasteiger partial charge in [-0.3, -0.25) is 9.59 Å². The van der Waals surface area contributed by atoms with Gasteiger partial charge >= 0.3 is 0 Å². The number of aromatic hydroxyl groups is 4. The molecule has 1 atom stereocenters. The van der Waals surface area contributed by atoms with Crippen LogP contribution in [0.4, 0.5) is 0 Å². The number of aliphatic hydroxyl groups excluding tert-OH is 1. The lowest BCUT2D eigenvalue weighted by Gasteiger charge is -2.29. The second kappa shape index (κ2) is 7.88. The van der Waals surface area contributed by atoms with Crippen LogP contribution in [0, 0.1) is 0 Å². The van der Waals surface area contributed by atoms with Crippen molar-refractivity contribution in [3.05, 3.63) is 69.3 Å². The molecule has 34 heavy (non-hydrogen) atoms. The summed E-state index contributed by atoms with van der Waals surface area (Å²) in [6.07, 6.45) is 2.85. The molecule has 3 aromatic rings. The number of phenolic OH excluding ortho intramolecular Hbond substituents is 4. The third kappa shape index (κ3) is 3.15. The van der Waals surface area contributed by atoms with Gasteiger partial charge in [-0.25, -0.2) is 0 Å². The van der Waals surface area contributed by atoms with E-state index < -0.39 is 29.2 Å². The van der Waals surface area contributed by atoms with Crippen molar-refractivity contribution < 1.29 is 35.1 Å². The van der Waals surface area contributed by atoms with Gasteiger partial charge in [0.2, 0.25) is 5.78 Å². The van der Waals surface area contributed by atoms with Crippen molar-refractivity contribution >= 4 is 11.6 Å². The predicted octanol–water partition coefficient (Wildman–Crippen LogP) is 4.27. The Morgan fingerprint density at radius 1 is 0.794 bits per heavy atom. The van der Waals surface area contributed by atoms with Crippen LogP contribution in [0.5, 0.6) is 23.0 Å². The van der Waals surface area contributed by atoms with Crippen molar-refractivity contribution in [2.45, 2.75) is 45.1 Å². The van der Waals surface area contributed by atoms with E-state index in [-0.39, 0.29) is 51.3 Å². The number of hydrogen-bond acceptors (Lipinski definition) is 7. The lowest BCUT2D eigenvalue weighted by Crippen LogP contribution is -2.23. The van der Waals surface area contributed by atoms with Crippen LogP contribution in [0.25, 0.3) is 11.1 Å². The third-order valence-electron chi connectivity index (χ3n) is 6.73. The molecule has 0 spiro atoms. The Hall–Kier alpha value is -3.84.